The van der Waals surface area contributed by atoms with E-state index in [2.05, 4.69) is 10.3 Å². The smallest absolute Gasteiger partial charge is 0.273 e. The predicted molar refractivity (Wildman–Crippen MR) is 86.8 cm³/mol. The van der Waals surface area contributed by atoms with Crippen molar-refractivity contribution in [2.24, 2.45) is 10.3 Å². The molecule has 0 bridgehead atoms. The summed E-state index contributed by atoms with van der Waals surface area (Å²) in [5.74, 6) is 0. The van der Waals surface area contributed by atoms with E-state index < -0.39 is 11.7 Å². The molecule has 1 aromatic carbocycles. The van der Waals surface area contributed by atoms with E-state index in [0.717, 1.165) is 0 Å². The Morgan fingerprint density at radius 2 is 1.48 bits per heavy atom. The fourth-order valence-electron chi connectivity index (χ4n) is 2.22. The van der Waals surface area contributed by atoms with Gasteiger partial charge < -0.3 is 0 Å². The van der Waals surface area contributed by atoms with Gasteiger partial charge in [-0.05, 0) is 50.8 Å². The molecule has 0 N–H and O–H groups in total. The SMILES string of the molecule is CC(C)N(N=Nc1ccc(C(C)(C)C)cc1C(F)(F)F)C(C)C. The lowest BCUT2D eigenvalue weighted by atomic mass is 9.86. The first kappa shape index (κ1) is 19.5. The molecule has 1 rings (SSSR count). The van der Waals surface area contributed by atoms with E-state index in [0.29, 0.717) is 5.56 Å². The van der Waals surface area contributed by atoms with Gasteiger partial charge in [-0.3, -0.25) is 5.01 Å². The average Bonchev–Trinajstić information content (AvgIpc) is 2.35. The highest BCUT2D eigenvalue weighted by Crippen LogP contribution is 2.39. The second kappa shape index (κ2) is 6.89. The van der Waals surface area contributed by atoms with Gasteiger partial charge in [-0.2, -0.15) is 13.2 Å². The molecular formula is C17H26F3N3. The van der Waals surface area contributed by atoms with E-state index in [4.69, 9.17) is 0 Å². The van der Waals surface area contributed by atoms with Crippen molar-refractivity contribution in [3.63, 3.8) is 0 Å². The second-order valence-electron chi connectivity index (χ2n) is 7.24. The van der Waals surface area contributed by atoms with Crippen molar-refractivity contribution in [2.45, 2.75) is 72.1 Å². The number of halogens is 3. The number of benzene rings is 1. The number of rotatable bonds is 4. The van der Waals surface area contributed by atoms with Crippen LogP contribution in [0.3, 0.4) is 0 Å². The molecule has 0 aromatic heterocycles. The van der Waals surface area contributed by atoms with E-state index in [-0.39, 0.29) is 23.2 Å². The Kier molecular flexibility index (Phi) is 5.83. The average molecular weight is 329 g/mol. The Balaban J connectivity index is 3.31. The van der Waals surface area contributed by atoms with Gasteiger partial charge in [0.1, 0.15) is 0 Å². The topological polar surface area (TPSA) is 28.0 Å². The van der Waals surface area contributed by atoms with Crippen LogP contribution in [0.4, 0.5) is 18.9 Å². The van der Waals surface area contributed by atoms with Crippen molar-refractivity contribution in [1.82, 2.24) is 5.01 Å². The number of nitrogens with zero attached hydrogens (tertiary/aromatic N) is 3. The van der Waals surface area contributed by atoms with Gasteiger partial charge in [0.05, 0.1) is 11.3 Å². The second-order valence-corrected chi connectivity index (χ2v) is 7.24. The monoisotopic (exact) mass is 329 g/mol. The van der Waals surface area contributed by atoms with Crippen molar-refractivity contribution in [1.29, 1.82) is 0 Å². The highest BCUT2D eigenvalue weighted by atomic mass is 19.4. The summed E-state index contributed by atoms with van der Waals surface area (Å²) in [5, 5.41) is 9.57. The standard InChI is InChI=1S/C17H26F3N3/c1-11(2)23(12(3)4)22-21-15-9-8-13(16(5,6)7)10-14(15)17(18,19)20/h8-12H,1-7H3. The summed E-state index contributed by atoms with van der Waals surface area (Å²) in [4.78, 5) is 0. The number of alkyl halides is 3. The molecule has 0 aliphatic carbocycles. The zero-order chi connectivity index (χ0) is 18.0. The maximum absolute atomic E-state index is 13.3. The number of hydrogen-bond donors (Lipinski definition) is 0. The Labute approximate surface area is 136 Å². The fourth-order valence-corrected chi connectivity index (χ4v) is 2.22. The van der Waals surface area contributed by atoms with Gasteiger partial charge in [0.25, 0.3) is 0 Å². The van der Waals surface area contributed by atoms with Gasteiger partial charge in [-0.1, -0.05) is 32.1 Å². The van der Waals surface area contributed by atoms with E-state index in [1.807, 2.05) is 48.5 Å². The minimum absolute atomic E-state index is 0.0573. The zero-order valence-electron chi connectivity index (χ0n) is 14.9. The molecule has 0 spiro atoms. The zero-order valence-corrected chi connectivity index (χ0v) is 14.9. The van der Waals surface area contributed by atoms with Gasteiger partial charge in [-0.15, -0.1) is 5.11 Å². The van der Waals surface area contributed by atoms with Gasteiger partial charge in [0, 0.05) is 12.1 Å². The van der Waals surface area contributed by atoms with Crippen LogP contribution < -0.4 is 0 Å². The van der Waals surface area contributed by atoms with Crippen molar-refractivity contribution < 1.29 is 13.2 Å². The molecular weight excluding hydrogens is 303 g/mol. The summed E-state index contributed by atoms with van der Waals surface area (Å²) in [6, 6.07) is 4.36. The highest BCUT2D eigenvalue weighted by molar-refractivity contribution is 5.50. The summed E-state index contributed by atoms with van der Waals surface area (Å²) in [5.41, 5.74) is -0.649. The predicted octanol–water partition coefficient (Wildman–Crippen LogP) is 6.12. The number of hydrogen-bond acceptors (Lipinski definition) is 2. The van der Waals surface area contributed by atoms with Crippen LogP contribution in [-0.2, 0) is 11.6 Å². The van der Waals surface area contributed by atoms with E-state index in [9.17, 15) is 13.2 Å². The van der Waals surface area contributed by atoms with E-state index in [1.54, 1.807) is 11.1 Å². The van der Waals surface area contributed by atoms with Crippen LogP contribution in [0.2, 0.25) is 0 Å². The lowest BCUT2D eigenvalue weighted by Crippen LogP contribution is -2.31. The van der Waals surface area contributed by atoms with Crippen LogP contribution in [0.25, 0.3) is 0 Å². The lowest BCUT2D eigenvalue weighted by Gasteiger charge is -2.26. The van der Waals surface area contributed by atoms with Crippen molar-refractivity contribution in [2.75, 3.05) is 0 Å². The Morgan fingerprint density at radius 3 is 1.87 bits per heavy atom. The third-order valence-corrected chi connectivity index (χ3v) is 3.48. The summed E-state index contributed by atoms with van der Waals surface area (Å²) < 4.78 is 40.0. The third-order valence-electron chi connectivity index (χ3n) is 3.48. The molecule has 0 atom stereocenters. The minimum atomic E-state index is -4.46. The normalized spacial score (nSPS) is 13.4. The maximum Gasteiger partial charge on any atom is 0.418 e. The van der Waals surface area contributed by atoms with Crippen LogP contribution in [-0.4, -0.2) is 17.1 Å². The third kappa shape index (κ3) is 5.22. The van der Waals surface area contributed by atoms with Gasteiger partial charge in [0.2, 0.25) is 0 Å². The summed E-state index contributed by atoms with van der Waals surface area (Å²) in [7, 11) is 0. The molecule has 0 aliphatic rings. The van der Waals surface area contributed by atoms with Crippen LogP contribution >= 0.6 is 0 Å². The first-order valence-electron chi connectivity index (χ1n) is 7.75. The summed E-state index contributed by atoms with van der Waals surface area (Å²) in [6.45, 7) is 13.3. The van der Waals surface area contributed by atoms with Gasteiger partial charge in [0.15, 0.2) is 0 Å². The maximum atomic E-state index is 13.3. The molecule has 6 heteroatoms. The van der Waals surface area contributed by atoms with Gasteiger partial charge >= 0.3 is 6.18 Å². The first-order chi connectivity index (χ1) is 10.3. The van der Waals surface area contributed by atoms with Crippen molar-refractivity contribution in [3.05, 3.63) is 29.3 Å². The van der Waals surface area contributed by atoms with Crippen molar-refractivity contribution >= 4 is 5.69 Å². The largest absolute Gasteiger partial charge is 0.418 e. The molecule has 0 saturated heterocycles. The molecule has 0 unspecified atom stereocenters. The summed E-state index contributed by atoms with van der Waals surface area (Å²) >= 11 is 0. The summed E-state index contributed by atoms with van der Waals surface area (Å²) in [6.07, 6.45) is -4.46. The Hall–Kier alpha value is -1.59. The Morgan fingerprint density at radius 1 is 0.957 bits per heavy atom. The molecule has 3 nitrogen and oxygen atoms in total. The first-order valence-corrected chi connectivity index (χ1v) is 7.75. The molecule has 0 aliphatic heterocycles. The minimum Gasteiger partial charge on any atom is -0.273 e. The van der Waals surface area contributed by atoms with Crippen LogP contribution in [0.15, 0.2) is 28.5 Å². The van der Waals surface area contributed by atoms with E-state index in [1.165, 1.54) is 12.1 Å². The molecule has 0 amide bonds. The molecule has 0 fully saturated rings. The van der Waals surface area contributed by atoms with Gasteiger partial charge in [-0.25, -0.2) is 0 Å². The molecule has 0 radical (unpaired) electrons. The molecule has 1 aromatic rings. The van der Waals surface area contributed by atoms with Crippen LogP contribution in [0, 0.1) is 0 Å². The van der Waals surface area contributed by atoms with E-state index >= 15 is 0 Å². The highest BCUT2D eigenvalue weighted by Gasteiger charge is 2.35. The van der Waals surface area contributed by atoms with Crippen LogP contribution in [0.5, 0.6) is 0 Å². The molecule has 0 heterocycles. The van der Waals surface area contributed by atoms with Crippen LogP contribution in [0.1, 0.15) is 59.6 Å². The lowest BCUT2D eigenvalue weighted by molar-refractivity contribution is -0.137. The quantitative estimate of drug-likeness (QED) is 0.483. The molecule has 0 saturated carbocycles. The Bertz CT molecular complexity index is 547. The van der Waals surface area contributed by atoms with Crippen molar-refractivity contribution in [3.8, 4) is 0 Å². The molecule has 130 valence electrons. The molecule has 23 heavy (non-hydrogen) atoms. The fraction of sp³-hybridized carbons (Fsp3) is 0.647.